The van der Waals surface area contributed by atoms with Crippen molar-refractivity contribution >= 4 is 0 Å². The molecule has 19 heavy (non-hydrogen) atoms. The Morgan fingerprint density at radius 3 is 2.68 bits per heavy atom. The van der Waals surface area contributed by atoms with Crippen LogP contribution in [-0.4, -0.2) is 30.1 Å². The van der Waals surface area contributed by atoms with E-state index < -0.39 is 0 Å². The molecule has 1 heterocycles. The van der Waals surface area contributed by atoms with E-state index >= 15 is 0 Å². The van der Waals surface area contributed by atoms with Gasteiger partial charge < -0.3 is 5.32 Å². The zero-order chi connectivity index (χ0) is 13.9. The summed E-state index contributed by atoms with van der Waals surface area (Å²) in [6.45, 7) is 11.5. The zero-order valence-corrected chi connectivity index (χ0v) is 12.8. The van der Waals surface area contributed by atoms with Gasteiger partial charge >= 0.3 is 0 Å². The van der Waals surface area contributed by atoms with Gasteiger partial charge in [0.05, 0.1) is 5.54 Å². The Labute approximate surface area is 118 Å². The van der Waals surface area contributed by atoms with Crippen molar-refractivity contribution in [3.05, 3.63) is 35.9 Å². The molecule has 1 aromatic carbocycles. The second-order valence-electron chi connectivity index (χ2n) is 6.19. The van der Waals surface area contributed by atoms with Gasteiger partial charge in [0.25, 0.3) is 0 Å². The van der Waals surface area contributed by atoms with E-state index in [1.165, 1.54) is 18.4 Å². The van der Waals surface area contributed by atoms with Crippen LogP contribution >= 0.6 is 0 Å². The van der Waals surface area contributed by atoms with Crippen LogP contribution in [0.4, 0.5) is 0 Å². The molecule has 1 N–H and O–H groups in total. The Balaban J connectivity index is 2.26. The van der Waals surface area contributed by atoms with E-state index in [0.717, 1.165) is 13.1 Å². The smallest absolute Gasteiger partial charge is 0.0535 e. The number of rotatable bonds is 3. The number of benzene rings is 1. The third kappa shape index (κ3) is 3.18. The first kappa shape index (κ1) is 14.5. The Hall–Kier alpha value is -0.860. The van der Waals surface area contributed by atoms with E-state index in [-0.39, 0.29) is 5.54 Å². The maximum absolute atomic E-state index is 3.77. The lowest BCUT2D eigenvalue weighted by Crippen LogP contribution is -2.50. The van der Waals surface area contributed by atoms with Crippen LogP contribution in [0.3, 0.4) is 0 Å². The van der Waals surface area contributed by atoms with Gasteiger partial charge in [-0.1, -0.05) is 37.3 Å². The SMILES string of the molecule is CCC(C)N1CC(C)(c2ccccc2)NCCC1C. The second-order valence-corrected chi connectivity index (χ2v) is 6.19. The van der Waals surface area contributed by atoms with Crippen molar-refractivity contribution in [3.63, 3.8) is 0 Å². The van der Waals surface area contributed by atoms with E-state index in [4.69, 9.17) is 0 Å². The predicted molar refractivity (Wildman–Crippen MR) is 82.3 cm³/mol. The van der Waals surface area contributed by atoms with Gasteiger partial charge in [-0.05, 0) is 45.7 Å². The number of nitrogens with one attached hydrogen (secondary N) is 1. The average molecular weight is 260 g/mol. The minimum absolute atomic E-state index is 0.0649. The Morgan fingerprint density at radius 1 is 1.37 bits per heavy atom. The fourth-order valence-corrected chi connectivity index (χ4v) is 3.12. The molecule has 1 aliphatic heterocycles. The van der Waals surface area contributed by atoms with E-state index in [0.29, 0.717) is 12.1 Å². The summed E-state index contributed by atoms with van der Waals surface area (Å²) in [5.74, 6) is 0. The molecule has 0 amide bonds. The van der Waals surface area contributed by atoms with Crippen LogP contribution in [0.15, 0.2) is 30.3 Å². The van der Waals surface area contributed by atoms with E-state index in [1.807, 2.05) is 0 Å². The summed E-state index contributed by atoms with van der Waals surface area (Å²) in [6.07, 6.45) is 2.45. The van der Waals surface area contributed by atoms with Gasteiger partial charge in [-0.15, -0.1) is 0 Å². The highest BCUT2D eigenvalue weighted by molar-refractivity contribution is 5.24. The van der Waals surface area contributed by atoms with Crippen molar-refractivity contribution in [1.29, 1.82) is 0 Å². The van der Waals surface area contributed by atoms with Crippen LogP contribution in [0.2, 0.25) is 0 Å². The van der Waals surface area contributed by atoms with Gasteiger partial charge in [-0.2, -0.15) is 0 Å². The summed E-state index contributed by atoms with van der Waals surface area (Å²) in [6, 6.07) is 12.2. The highest BCUT2D eigenvalue weighted by Crippen LogP contribution is 2.27. The Kier molecular flexibility index (Phi) is 4.64. The minimum atomic E-state index is 0.0649. The van der Waals surface area contributed by atoms with Crippen LogP contribution in [0.5, 0.6) is 0 Å². The molecule has 3 unspecified atom stereocenters. The largest absolute Gasteiger partial charge is 0.306 e. The van der Waals surface area contributed by atoms with Crippen molar-refractivity contribution in [2.24, 2.45) is 0 Å². The first-order valence-corrected chi connectivity index (χ1v) is 7.63. The van der Waals surface area contributed by atoms with Crippen LogP contribution in [0.25, 0.3) is 0 Å². The molecule has 0 aromatic heterocycles. The molecular formula is C17H28N2. The molecule has 1 saturated heterocycles. The van der Waals surface area contributed by atoms with Crippen molar-refractivity contribution in [1.82, 2.24) is 10.2 Å². The van der Waals surface area contributed by atoms with Gasteiger partial charge in [0.2, 0.25) is 0 Å². The standard InChI is InChI=1S/C17H28N2/c1-5-14(2)19-13-17(4,18-12-11-15(19)3)16-9-7-6-8-10-16/h6-10,14-15,18H,5,11-13H2,1-4H3. The maximum Gasteiger partial charge on any atom is 0.0535 e. The molecule has 0 spiro atoms. The highest BCUT2D eigenvalue weighted by Gasteiger charge is 2.34. The molecule has 1 fully saturated rings. The minimum Gasteiger partial charge on any atom is -0.306 e. The molecule has 0 radical (unpaired) electrons. The van der Waals surface area contributed by atoms with Gasteiger partial charge in [0.1, 0.15) is 0 Å². The molecule has 0 saturated carbocycles. The van der Waals surface area contributed by atoms with Crippen molar-refractivity contribution in [2.75, 3.05) is 13.1 Å². The van der Waals surface area contributed by atoms with Crippen molar-refractivity contribution in [3.8, 4) is 0 Å². The molecular weight excluding hydrogens is 232 g/mol. The molecule has 2 nitrogen and oxygen atoms in total. The van der Waals surface area contributed by atoms with Crippen LogP contribution in [0, 0.1) is 0 Å². The maximum atomic E-state index is 3.77. The first-order chi connectivity index (χ1) is 9.07. The zero-order valence-electron chi connectivity index (χ0n) is 12.8. The monoisotopic (exact) mass is 260 g/mol. The Bertz CT molecular complexity index is 390. The van der Waals surface area contributed by atoms with Crippen molar-refractivity contribution in [2.45, 2.75) is 58.2 Å². The number of nitrogens with zero attached hydrogens (tertiary/aromatic N) is 1. The average Bonchev–Trinajstić information content (AvgIpc) is 2.59. The van der Waals surface area contributed by atoms with E-state index in [2.05, 4.69) is 68.2 Å². The number of hydrogen-bond acceptors (Lipinski definition) is 2. The third-order valence-electron chi connectivity index (χ3n) is 4.71. The van der Waals surface area contributed by atoms with E-state index in [1.54, 1.807) is 0 Å². The summed E-state index contributed by atoms with van der Waals surface area (Å²) < 4.78 is 0. The lowest BCUT2D eigenvalue weighted by atomic mass is 9.91. The first-order valence-electron chi connectivity index (χ1n) is 7.63. The van der Waals surface area contributed by atoms with Gasteiger partial charge in [-0.3, -0.25) is 4.90 Å². The summed E-state index contributed by atoms with van der Waals surface area (Å²) in [5, 5.41) is 3.77. The molecule has 2 rings (SSSR count). The fourth-order valence-electron chi connectivity index (χ4n) is 3.12. The molecule has 0 bridgehead atoms. The fraction of sp³-hybridized carbons (Fsp3) is 0.647. The quantitative estimate of drug-likeness (QED) is 0.896. The predicted octanol–water partition coefficient (Wildman–Crippen LogP) is 3.38. The summed E-state index contributed by atoms with van der Waals surface area (Å²) in [4.78, 5) is 2.67. The molecule has 3 atom stereocenters. The lowest BCUT2D eigenvalue weighted by Gasteiger charge is -2.39. The summed E-state index contributed by atoms with van der Waals surface area (Å²) in [7, 11) is 0. The lowest BCUT2D eigenvalue weighted by molar-refractivity contribution is 0.124. The Morgan fingerprint density at radius 2 is 2.05 bits per heavy atom. The van der Waals surface area contributed by atoms with Gasteiger partial charge in [0.15, 0.2) is 0 Å². The normalized spacial score (nSPS) is 30.8. The topological polar surface area (TPSA) is 15.3 Å². The van der Waals surface area contributed by atoms with Crippen LogP contribution in [-0.2, 0) is 5.54 Å². The van der Waals surface area contributed by atoms with Gasteiger partial charge in [0, 0.05) is 18.6 Å². The summed E-state index contributed by atoms with van der Waals surface area (Å²) in [5.41, 5.74) is 1.47. The van der Waals surface area contributed by atoms with Crippen LogP contribution in [0.1, 0.15) is 46.1 Å². The molecule has 2 heteroatoms. The van der Waals surface area contributed by atoms with Crippen molar-refractivity contribution < 1.29 is 0 Å². The third-order valence-corrected chi connectivity index (χ3v) is 4.71. The molecule has 1 aromatic rings. The highest BCUT2D eigenvalue weighted by atomic mass is 15.2. The molecule has 106 valence electrons. The van der Waals surface area contributed by atoms with Gasteiger partial charge in [-0.25, -0.2) is 0 Å². The van der Waals surface area contributed by atoms with Crippen LogP contribution < -0.4 is 5.32 Å². The van der Waals surface area contributed by atoms with E-state index in [9.17, 15) is 0 Å². The molecule has 0 aliphatic carbocycles. The molecule has 1 aliphatic rings. The summed E-state index contributed by atoms with van der Waals surface area (Å²) >= 11 is 0. The number of hydrogen-bond donors (Lipinski definition) is 1. The second kappa shape index (κ2) is 6.06.